The van der Waals surface area contributed by atoms with Gasteiger partial charge in [-0.25, -0.2) is 0 Å². The fraction of sp³-hybridized carbons (Fsp3) is 0.636. The van der Waals surface area contributed by atoms with E-state index in [1.54, 1.807) is 7.11 Å². The number of aliphatic imine (C=N–C) groups is 1. The highest BCUT2D eigenvalue weighted by atomic mass is 16.7. The second-order valence-electron chi connectivity index (χ2n) is 8.22. The van der Waals surface area contributed by atoms with Crippen LogP contribution in [0.1, 0.15) is 58.4 Å². The molecule has 2 heterocycles. The molecule has 0 aliphatic carbocycles. The molecule has 0 N–H and O–H groups in total. The third-order valence-electron chi connectivity index (χ3n) is 5.49. The zero-order valence-electron chi connectivity index (χ0n) is 17.5. The molecule has 6 nitrogen and oxygen atoms in total. The van der Waals surface area contributed by atoms with E-state index < -0.39 is 0 Å². The van der Waals surface area contributed by atoms with Gasteiger partial charge < -0.3 is 18.9 Å². The second-order valence-corrected chi connectivity index (χ2v) is 8.22. The highest BCUT2D eigenvalue weighted by Crippen LogP contribution is 2.46. The standard InChI is InChI=1S/C22H31NO5/c1-6-8-22(3,4)11-16-19(21(24)26-7-2)15(12-23-16)14-9-17(25-5)20-18(10-14)27-13-28-20/h9-10,15,19H,6-8,11-13H2,1-5H3. The lowest BCUT2D eigenvalue weighted by Crippen LogP contribution is -2.31. The SMILES string of the molecule is CCCC(C)(C)CC1=NCC(c2cc(OC)c3c(c2)OCO3)C1C(=O)OCC. The van der Waals surface area contributed by atoms with E-state index >= 15 is 0 Å². The zero-order valence-corrected chi connectivity index (χ0v) is 17.5. The number of hydrogen-bond acceptors (Lipinski definition) is 6. The Bertz CT molecular complexity index is 756. The Morgan fingerprint density at radius 1 is 1.29 bits per heavy atom. The first-order chi connectivity index (χ1) is 13.4. The molecule has 0 radical (unpaired) electrons. The van der Waals surface area contributed by atoms with Gasteiger partial charge in [0, 0.05) is 18.2 Å². The third-order valence-corrected chi connectivity index (χ3v) is 5.49. The van der Waals surface area contributed by atoms with Crippen LogP contribution in [0.15, 0.2) is 17.1 Å². The average molecular weight is 389 g/mol. The molecule has 0 bridgehead atoms. The summed E-state index contributed by atoms with van der Waals surface area (Å²) in [5, 5.41) is 0. The van der Waals surface area contributed by atoms with E-state index in [-0.39, 0.29) is 30.0 Å². The highest BCUT2D eigenvalue weighted by Gasteiger charge is 2.41. The van der Waals surface area contributed by atoms with Crippen LogP contribution < -0.4 is 14.2 Å². The summed E-state index contributed by atoms with van der Waals surface area (Å²) in [6, 6.07) is 3.87. The van der Waals surface area contributed by atoms with Crippen LogP contribution in [-0.4, -0.2) is 38.7 Å². The predicted molar refractivity (Wildman–Crippen MR) is 108 cm³/mol. The summed E-state index contributed by atoms with van der Waals surface area (Å²) in [7, 11) is 1.60. The Hall–Kier alpha value is -2.24. The molecule has 2 unspecified atom stereocenters. The Morgan fingerprint density at radius 3 is 2.75 bits per heavy atom. The summed E-state index contributed by atoms with van der Waals surface area (Å²) in [6.45, 7) is 9.58. The number of methoxy groups -OCH3 is 1. The van der Waals surface area contributed by atoms with E-state index in [1.165, 1.54) is 0 Å². The molecule has 0 amide bonds. The molecule has 0 aromatic heterocycles. The Balaban J connectivity index is 1.92. The van der Waals surface area contributed by atoms with Gasteiger partial charge >= 0.3 is 5.97 Å². The van der Waals surface area contributed by atoms with E-state index in [4.69, 9.17) is 23.9 Å². The molecule has 3 rings (SSSR count). The fourth-order valence-corrected chi connectivity index (χ4v) is 4.27. The number of esters is 1. The van der Waals surface area contributed by atoms with Crippen molar-refractivity contribution >= 4 is 11.7 Å². The summed E-state index contributed by atoms with van der Waals surface area (Å²) in [5.74, 6) is 1.22. The number of hydrogen-bond donors (Lipinski definition) is 0. The van der Waals surface area contributed by atoms with Crippen LogP contribution >= 0.6 is 0 Å². The number of benzene rings is 1. The molecule has 2 aliphatic rings. The maximum atomic E-state index is 12.9. The molecule has 6 heteroatoms. The number of carbonyl (C=O) groups excluding carboxylic acids is 1. The van der Waals surface area contributed by atoms with E-state index in [0.717, 1.165) is 30.5 Å². The third kappa shape index (κ3) is 4.10. The average Bonchev–Trinajstić information content (AvgIpc) is 3.27. The lowest BCUT2D eigenvalue weighted by Gasteiger charge is -2.27. The molecule has 28 heavy (non-hydrogen) atoms. The van der Waals surface area contributed by atoms with Crippen molar-refractivity contribution in [2.75, 3.05) is 27.1 Å². The van der Waals surface area contributed by atoms with Crippen molar-refractivity contribution < 1.29 is 23.7 Å². The van der Waals surface area contributed by atoms with Crippen molar-refractivity contribution in [2.24, 2.45) is 16.3 Å². The van der Waals surface area contributed by atoms with Gasteiger partial charge in [-0.1, -0.05) is 27.2 Å². The monoisotopic (exact) mass is 389 g/mol. The van der Waals surface area contributed by atoms with Gasteiger partial charge in [0.15, 0.2) is 11.5 Å². The highest BCUT2D eigenvalue weighted by molar-refractivity contribution is 6.05. The second kappa shape index (κ2) is 8.41. The zero-order chi connectivity index (χ0) is 20.3. The number of nitrogens with zero attached hydrogens (tertiary/aromatic N) is 1. The Labute approximate surface area is 167 Å². The van der Waals surface area contributed by atoms with Gasteiger partial charge in [0.25, 0.3) is 0 Å². The molecule has 1 aromatic rings. The number of fused-ring (bicyclic) bond motifs is 1. The molecule has 0 spiro atoms. The van der Waals surface area contributed by atoms with E-state index in [9.17, 15) is 4.79 Å². The summed E-state index contributed by atoms with van der Waals surface area (Å²) in [4.78, 5) is 17.7. The Kier molecular flexibility index (Phi) is 6.16. The van der Waals surface area contributed by atoms with Crippen molar-refractivity contribution in [1.29, 1.82) is 0 Å². The first-order valence-corrected chi connectivity index (χ1v) is 10.1. The molecular formula is C22H31NO5. The van der Waals surface area contributed by atoms with Gasteiger partial charge in [-0.15, -0.1) is 0 Å². The van der Waals surface area contributed by atoms with Gasteiger partial charge in [-0.05, 0) is 42.9 Å². The maximum Gasteiger partial charge on any atom is 0.315 e. The normalized spacial score (nSPS) is 20.8. The predicted octanol–water partition coefficient (Wildman–Crippen LogP) is 4.36. The topological polar surface area (TPSA) is 66.3 Å². The summed E-state index contributed by atoms with van der Waals surface area (Å²) in [5.41, 5.74) is 2.00. The van der Waals surface area contributed by atoms with Gasteiger partial charge in [0.1, 0.15) is 5.92 Å². The number of carbonyl (C=O) groups is 1. The Morgan fingerprint density at radius 2 is 2.07 bits per heavy atom. The largest absolute Gasteiger partial charge is 0.493 e. The molecule has 0 saturated carbocycles. The molecule has 2 aliphatic heterocycles. The minimum Gasteiger partial charge on any atom is -0.493 e. The lowest BCUT2D eigenvalue weighted by atomic mass is 9.77. The van der Waals surface area contributed by atoms with Crippen LogP contribution in [0, 0.1) is 11.3 Å². The van der Waals surface area contributed by atoms with Crippen LogP contribution in [0.2, 0.25) is 0 Å². The molecule has 1 aromatic carbocycles. The number of rotatable bonds is 8. The molecule has 154 valence electrons. The summed E-state index contributed by atoms with van der Waals surface area (Å²) in [6.07, 6.45) is 2.99. The minimum absolute atomic E-state index is 0.0881. The van der Waals surface area contributed by atoms with E-state index in [1.807, 2.05) is 19.1 Å². The van der Waals surface area contributed by atoms with Gasteiger partial charge in [-0.2, -0.15) is 0 Å². The van der Waals surface area contributed by atoms with Crippen LogP contribution in [0.3, 0.4) is 0 Å². The van der Waals surface area contributed by atoms with Crippen molar-refractivity contribution in [3.05, 3.63) is 17.7 Å². The fourth-order valence-electron chi connectivity index (χ4n) is 4.27. The summed E-state index contributed by atoms with van der Waals surface area (Å²) >= 11 is 0. The molecular weight excluding hydrogens is 358 g/mol. The smallest absolute Gasteiger partial charge is 0.315 e. The van der Waals surface area contributed by atoms with Crippen LogP contribution in [0.5, 0.6) is 17.2 Å². The van der Waals surface area contributed by atoms with Crippen LogP contribution in [-0.2, 0) is 9.53 Å². The minimum atomic E-state index is -0.374. The first kappa shape index (κ1) is 20.5. The van der Waals surface area contributed by atoms with Crippen molar-refractivity contribution in [3.63, 3.8) is 0 Å². The van der Waals surface area contributed by atoms with Crippen molar-refractivity contribution in [1.82, 2.24) is 0 Å². The van der Waals surface area contributed by atoms with E-state index in [2.05, 4.69) is 20.8 Å². The summed E-state index contributed by atoms with van der Waals surface area (Å²) < 4.78 is 22.0. The van der Waals surface area contributed by atoms with E-state index in [0.29, 0.717) is 30.4 Å². The molecule has 0 fully saturated rings. The van der Waals surface area contributed by atoms with Gasteiger partial charge in [0.05, 0.1) is 13.7 Å². The lowest BCUT2D eigenvalue weighted by molar-refractivity contribution is -0.146. The van der Waals surface area contributed by atoms with Gasteiger partial charge in [-0.3, -0.25) is 9.79 Å². The van der Waals surface area contributed by atoms with Crippen molar-refractivity contribution in [3.8, 4) is 17.2 Å². The van der Waals surface area contributed by atoms with Crippen molar-refractivity contribution in [2.45, 2.75) is 52.9 Å². The number of ether oxygens (including phenoxy) is 4. The molecule has 2 atom stereocenters. The maximum absolute atomic E-state index is 12.9. The van der Waals surface area contributed by atoms with Crippen LogP contribution in [0.25, 0.3) is 0 Å². The van der Waals surface area contributed by atoms with Gasteiger partial charge in [0.2, 0.25) is 12.5 Å². The first-order valence-electron chi connectivity index (χ1n) is 10.1. The van der Waals surface area contributed by atoms with Crippen LogP contribution in [0.4, 0.5) is 0 Å². The quantitative estimate of drug-likeness (QED) is 0.618. The molecule has 0 saturated heterocycles.